The Morgan fingerprint density at radius 1 is 0.923 bits per heavy atom. The third kappa shape index (κ3) is 5.38. The molecular formula is C18H17IN6O. The van der Waals surface area contributed by atoms with Crippen LogP contribution in [0.2, 0.25) is 0 Å². The van der Waals surface area contributed by atoms with Crippen LogP contribution < -0.4 is 16.0 Å². The van der Waals surface area contributed by atoms with Gasteiger partial charge in [0.1, 0.15) is 23.8 Å². The molecule has 1 aromatic carbocycles. The summed E-state index contributed by atoms with van der Waals surface area (Å²) in [5, 5.41) is 9.15. The van der Waals surface area contributed by atoms with Crippen LogP contribution >= 0.6 is 22.6 Å². The molecule has 0 aliphatic heterocycles. The van der Waals surface area contributed by atoms with Crippen molar-refractivity contribution in [2.45, 2.75) is 0 Å². The summed E-state index contributed by atoms with van der Waals surface area (Å²) < 4.78 is 1.03. The first-order chi connectivity index (χ1) is 12.7. The highest BCUT2D eigenvalue weighted by Crippen LogP contribution is 2.13. The molecule has 0 atom stereocenters. The number of hydrogen-bond donors (Lipinski definition) is 3. The fraction of sp³-hybridized carbons (Fsp3) is 0.111. The fourth-order valence-electron chi connectivity index (χ4n) is 2.19. The second-order valence-corrected chi connectivity index (χ2v) is 6.57. The Bertz CT molecular complexity index is 874. The summed E-state index contributed by atoms with van der Waals surface area (Å²) >= 11 is 2.19. The van der Waals surface area contributed by atoms with Crippen molar-refractivity contribution in [3.63, 3.8) is 0 Å². The van der Waals surface area contributed by atoms with Gasteiger partial charge >= 0.3 is 0 Å². The zero-order chi connectivity index (χ0) is 18.2. The monoisotopic (exact) mass is 460 g/mol. The summed E-state index contributed by atoms with van der Waals surface area (Å²) in [7, 11) is 0. The first-order valence-electron chi connectivity index (χ1n) is 7.98. The summed E-state index contributed by atoms with van der Waals surface area (Å²) in [5.74, 6) is 1.93. The predicted octanol–water partition coefficient (Wildman–Crippen LogP) is 3.06. The number of anilines is 3. The molecule has 2 heterocycles. The standard InChI is InChI=1S/C18H17IN6O/c19-14-5-3-4-13(10-14)18(26)22-9-8-21-16-11-17(24-12-23-16)25-15-6-1-2-7-20-15/h1-7,10-12H,8-9H2,(H,22,26)(H2,20,21,23,24,25). The molecule has 0 spiro atoms. The van der Waals surface area contributed by atoms with E-state index in [2.05, 4.69) is 53.5 Å². The number of carbonyl (C=O) groups is 1. The number of benzene rings is 1. The Morgan fingerprint density at radius 3 is 2.62 bits per heavy atom. The van der Waals surface area contributed by atoms with Gasteiger partial charge in [-0.3, -0.25) is 4.79 Å². The summed E-state index contributed by atoms with van der Waals surface area (Å²) in [6, 6.07) is 14.9. The molecule has 0 saturated heterocycles. The van der Waals surface area contributed by atoms with Crippen molar-refractivity contribution in [1.82, 2.24) is 20.3 Å². The number of amides is 1. The highest BCUT2D eigenvalue weighted by Gasteiger charge is 2.05. The van der Waals surface area contributed by atoms with Crippen molar-refractivity contribution in [2.24, 2.45) is 0 Å². The third-order valence-corrected chi connectivity index (χ3v) is 4.06. The van der Waals surface area contributed by atoms with E-state index in [1.807, 2.05) is 36.4 Å². The van der Waals surface area contributed by atoms with E-state index in [0.717, 1.165) is 3.57 Å². The summed E-state index contributed by atoms with van der Waals surface area (Å²) in [5.41, 5.74) is 0.654. The van der Waals surface area contributed by atoms with E-state index >= 15 is 0 Å². The van der Waals surface area contributed by atoms with E-state index < -0.39 is 0 Å². The van der Waals surface area contributed by atoms with Crippen LogP contribution in [0.4, 0.5) is 17.5 Å². The van der Waals surface area contributed by atoms with Gasteiger partial charge < -0.3 is 16.0 Å². The van der Waals surface area contributed by atoms with E-state index in [-0.39, 0.29) is 5.91 Å². The lowest BCUT2D eigenvalue weighted by molar-refractivity contribution is 0.0955. The molecular weight excluding hydrogens is 443 g/mol. The van der Waals surface area contributed by atoms with E-state index in [1.54, 1.807) is 18.3 Å². The van der Waals surface area contributed by atoms with Crippen LogP contribution in [-0.4, -0.2) is 33.9 Å². The largest absolute Gasteiger partial charge is 0.368 e. The van der Waals surface area contributed by atoms with Crippen molar-refractivity contribution in [3.05, 3.63) is 70.2 Å². The van der Waals surface area contributed by atoms with E-state index in [1.165, 1.54) is 6.33 Å². The number of nitrogens with one attached hydrogen (secondary N) is 3. The van der Waals surface area contributed by atoms with Gasteiger partial charge in [-0.2, -0.15) is 0 Å². The molecule has 0 unspecified atom stereocenters. The molecule has 0 fully saturated rings. The molecule has 3 N–H and O–H groups in total. The first kappa shape index (κ1) is 18.1. The third-order valence-electron chi connectivity index (χ3n) is 3.39. The van der Waals surface area contributed by atoms with Gasteiger partial charge in [0.25, 0.3) is 5.91 Å². The van der Waals surface area contributed by atoms with Crippen LogP contribution in [0.3, 0.4) is 0 Å². The first-order valence-corrected chi connectivity index (χ1v) is 9.06. The average Bonchev–Trinajstić information content (AvgIpc) is 2.66. The minimum atomic E-state index is -0.0921. The zero-order valence-electron chi connectivity index (χ0n) is 13.8. The van der Waals surface area contributed by atoms with Crippen molar-refractivity contribution < 1.29 is 4.79 Å². The number of nitrogens with zero attached hydrogens (tertiary/aromatic N) is 3. The van der Waals surface area contributed by atoms with Crippen LogP contribution in [0.15, 0.2) is 61.1 Å². The SMILES string of the molecule is O=C(NCCNc1cc(Nc2ccccn2)ncn1)c1cccc(I)c1. The lowest BCUT2D eigenvalue weighted by Crippen LogP contribution is -2.28. The number of carbonyl (C=O) groups excluding carboxylic acids is 1. The summed E-state index contributed by atoms with van der Waals surface area (Å²) in [6.45, 7) is 1.03. The molecule has 0 bridgehead atoms. The van der Waals surface area contributed by atoms with Gasteiger partial charge in [-0.1, -0.05) is 12.1 Å². The molecule has 0 aliphatic carbocycles. The Labute approximate surface area is 164 Å². The second kappa shape index (κ2) is 9.09. The molecule has 3 aromatic rings. The maximum Gasteiger partial charge on any atom is 0.251 e. The van der Waals surface area contributed by atoms with Crippen LogP contribution in [0.25, 0.3) is 0 Å². The number of rotatable bonds is 7. The number of halogens is 1. The van der Waals surface area contributed by atoms with Crippen molar-refractivity contribution in [1.29, 1.82) is 0 Å². The number of hydrogen-bond acceptors (Lipinski definition) is 6. The van der Waals surface area contributed by atoms with Gasteiger partial charge in [-0.05, 0) is 52.9 Å². The average molecular weight is 460 g/mol. The lowest BCUT2D eigenvalue weighted by atomic mass is 10.2. The summed E-state index contributed by atoms with van der Waals surface area (Å²) in [6.07, 6.45) is 3.18. The topological polar surface area (TPSA) is 91.8 Å². The van der Waals surface area contributed by atoms with Gasteiger partial charge in [-0.15, -0.1) is 0 Å². The molecule has 7 nitrogen and oxygen atoms in total. The number of pyridine rings is 1. The molecule has 0 saturated carbocycles. The molecule has 3 rings (SSSR count). The van der Waals surface area contributed by atoms with Crippen LogP contribution in [-0.2, 0) is 0 Å². The highest BCUT2D eigenvalue weighted by atomic mass is 127. The van der Waals surface area contributed by atoms with Crippen LogP contribution in [0.1, 0.15) is 10.4 Å². The van der Waals surface area contributed by atoms with Gasteiger partial charge in [0.15, 0.2) is 0 Å². The fourth-order valence-corrected chi connectivity index (χ4v) is 2.73. The molecule has 8 heteroatoms. The van der Waals surface area contributed by atoms with Gasteiger partial charge in [0.2, 0.25) is 0 Å². The van der Waals surface area contributed by atoms with Gasteiger partial charge in [0, 0.05) is 34.5 Å². The second-order valence-electron chi connectivity index (χ2n) is 5.32. The maximum absolute atomic E-state index is 12.1. The van der Waals surface area contributed by atoms with E-state index in [0.29, 0.717) is 36.1 Å². The zero-order valence-corrected chi connectivity index (χ0v) is 16.0. The van der Waals surface area contributed by atoms with E-state index in [4.69, 9.17) is 0 Å². The van der Waals surface area contributed by atoms with Crippen molar-refractivity contribution in [3.8, 4) is 0 Å². The van der Waals surface area contributed by atoms with E-state index in [9.17, 15) is 4.79 Å². The smallest absolute Gasteiger partial charge is 0.251 e. The Morgan fingerprint density at radius 2 is 1.81 bits per heavy atom. The Kier molecular flexibility index (Phi) is 6.31. The minimum absolute atomic E-state index is 0.0921. The van der Waals surface area contributed by atoms with Crippen LogP contribution in [0.5, 0.6) is 0 Å². The van der Waals surface area contributed by atoms with Crippen LogP contribution in [0, 0.1) is 3.57 Å². The van der Waals surface area contributed by atoms with Crippen molar-refractivity contribution >= 4 is 46.0 Å². The Balaban J connectivity index is 1.48. The molecule has 2 aromatic heterocycles. The molecule has 1 amide bonds. The minimum Gasteiger partial charge on any atom is -0.368 e. The number of aromatic nitrogens is 3. The van der Waals surface area contributed by atoms with Gasteiger partial charge in [-0.25, -0.2) is 15.0 Å². The molecule has 0 radical (unpaired) electrons. The summed E-state index contributed by atoms with van der Waals surface area (Å²) in [4.78, 5) is 24.6. The lowest BCUT2D eigenvalue weighted by Gasteiger charge is -2.09. The Hall–Kier alpha value is -2.75. The molecule has 132 valence electrons. The quantitative estimate of drug-likeness (QED) is 0.371. The van der Waals surface area contributed by atoms with Gasteiger partial charge in [0.05, 0.1) is 0 Å². The highest BCUT2D eigenvalue weighted by molar-refractivity contribution is 14.1. The molecule has 0 aliphatic rings. The maximum atomic E-state index is 12.1. The molecule has 26 heavy (non-hydrogen) atoms. The van der Waals surface area contributed by atoms with Crippen molar-refractivity contribution in [2.75, 3.05) is 23.7 Å². The predicted molar refractivity (Wildman–Crippen MR) is 110 cm³/mol. The normalized spacial score (nSPS) is 10.2.